The van der Waals surface area contributed by atoms with E-state index < -0.39 is 0 Å². The summed E-state index contributed by atoms with van der Waals surface area (Å²) in [5, 5.41) is 0. The third kappa shape index (κ3) is 3.47. The molecule has 3 aliphatic rings. The first-order valence-electron chi connectivity index (χ1n) is 10.5. The predicted molar refractivity (Wildman–Crippen MR) is 112 cm³/mol. The second kappa shape index (κ2) is 7.47. The van der Waals surface area contributed by atoms with Crippen LogP contribution >= 0.6 is 0 Å². The summed E-state index contributed by atoms with van der Waals surface area (Å²) < 4.78 is 12.7. The summed E-state index contributed by atoms with van der Waals surface area (Å²) in [5.41, 5.74) is 2.96. The highest BCUT2D eigenvalue weighted by Gasteiger charge is 2.36. The Morgan fingerprint density at radius 1 is 1.10 bits per heavy atom. The number of hydrogen-bond acceptors (Lipinski definition) is 5. The van der Waals surface area contributed by atoms with Crippen molar-refractivity contribution in [1.29, 1.82) is 0 Å². The molecule has 0 radical (unpaired) electrons. The number of likely N-dealkylation sites (tertiary alicyclic amines) is 1. The third-order valence-corrected chi connectivity index (χ3v) is 6.31. The first kappa shape index (κ1) is 19.2. The molecule has 7 nitrogen and oxygen atoms in total. The van der Waals surface area contributed by atoms with E-state index in [1.165, 1.54) is 0 Å². The van der Waals surface area contributed by atoms with Crippen LogP contribution in [0.4, 0.5) is 0 Å². The summed E-state index contributed by atoms with van der Waals surface area (Å²) in [6.45, 7) is 2.96. The van der Waals surface area contributed by atoms with Crippen molar-refractivity contribution in [2.45, 2.75) is 31.8 Å². The smallest absolute Gasteiger partial charge is 0.255 e. The van der Waals surface area contributed by atoms with Crippen LogP contribution in [0.15, 0.2) is 35.1 Å². The van der Waals surface area contributed by atoms with Crippen LogP contribution in [-0.2, 0) is 24.3 Å². The number of rotatable bonds is 4. The van der Waals surface area contributed by atoms with Crippen LogP contribution in [0.1, 0.15) is 29.2 Å². The van der Waals surface area contributed by atoms with Gasteiger partial charge in [0.1, 0.15) is 0 Å². The van der Waals surface area contributed by atoms with Crippen molar-refractivity contribution >= 4 is 5.91 Å². The van der Waals surface area contributed by atoms with Crippen molar-refractivity contribution in [1.82, 2.24) is 14.4 Å². The molecule has 0 saturated carbocycles. The molecule has 30 heavy (non-hydrogen) atoms. The lowest BCUT2D eigenvalue weighted by Crippen LogP contribution is -2.49. The Hall–Kier alpha value is -2.80. The quantitative estimate of drug-likeness (QED) is 0.771. The van der Waals surface area contributed by atoms with Crippen LogP contribution in [0.3, 0.4) is 0 Å². The molecule has 0 N–H and O–H groups in total. The molecule has 3 aliphatic heterocycles. The van der Waals surface area contributed by atoms with Crippen molar-refractivity contribution < 1.29 is 14.3 Å². The zero-order chi connectivity index (χ0) is 20.8. The number of amides is 1. The lowest BCUT2D eigenvalue weighted by molar-refractivity contribution is -0.133. The summed E-state index contributed by atoms with van der Waals surface area (Å²) in [6, 6.07) is 9.74. The van der Waals surface area contributed by atoms with Crippen LogP contribution in [-0.4, -0.2) is 54.3 Å². The molecule has 1 aromatic heterocycles. The molecule has 2 aromatic rings. The maximum atomic E-state index is 13.0. The summed E-state index contributed by atoms with van der Waals surface area (Å²) >= 11 is 0. The van der Waals surface area contributed by atoms with Crippen molar-refractivity contribution in [3.8, 4) is 11.5 Å². The molecule has 1 aromatic carbocycles. The molecule has 4 heterocycles. The Morgan fingerprint density at radius 3 is 2.77 bits per heavy atom. The first-order chi connectivity index (χ1) is 14.5. The van der Waals surface area contributed by atoms with Gasteiger partial charge in [-0.15, -0.1) is 0 Å². The predicted octanol–water partition coefficient (Wildman–Crippen LogP) is 1.83. The summed E-state index contributed by atoms with van der Waals surface area (Å²) in [7, 11) is 3.95. The number of fused-ring (bicyclic) bond motifs is 5. The van der Waals surface area contributed by atoms with E-state index in [9.17, 15) is 9.59 Å². The van der Waals surface area contributed by atoms with E-state index >= 15 is 0 Å². The minimum absolute atomic E-state index is 0.121. The van der Waals surface area contributed by atoms with Gasteiger partial charge in [0.05, 0.1) is 6.42 Å². The number of hydrogen-bond donors (Lipinski definition) is 0. The molecule has 1 amide bonds. The van der Waals surface area contributed by atoms with Gasteiger partial charge in [0, 0.05) is 43.4 Å². The maximum Gasteiger partial charge on any atom is 0.255 e. The van der Waals surface area contributed by atoms with E-state index in [-0.39, 0.29) is 24.2 Å². The van der Waals surface area contributed by atoms with Gasteiger partial charge in [-0.25, -0.2) is 0 Å². The van der Waals surface area contributed by atoms with Gasteiger partial charge in [0.15, 0.2) is 11.5 Å². The Labute approximate surface area is 175 Å². The lowest BCUT2D eigenvalue weighted by Gasteiger charge is -2.43. The highest BCUT2D eigenvalue weighted by atomic mass is 16.7. The Kier molecular flexibility index (Phi) is 4.77. The molecular formula is C23H27N3O4. The standard InChI is InChI=1S/C23H27N3O4/c1-24(2)12-17-4-5-19-18-7-16(11-26(19)23(17)28)10-25(13-18)22(27)9-15-3-6-20-21(8-15)30-14-29-20/h3-6,8,16,18H,7,9-14H2,1-2H3/t16-,18+/m0/s1. The molecular weight excluding hydrogens is 382 g/mol. The molecule has 7 heteroatoms. The minimum atomic E-state index is 0.121. The number of carbonyl (C=O) groups excluding carboxylic acids is 1. The topological polar surface area (TPSA) is 64.0 Å². The Morgan fingerprint density at radius 2 is 1.93 bits per heavy atom. The molecule has 2 bridgehead atoms. The number of pyridine rings is 1. The normalized spacial score (nSPS) is 21.6. The van der Waals surface area contributed by atoms with Crippen LogP contribution in [0.25, 0.3) is 0 Å². The number of aromatic nitrogens is 1. The van der Waals surface area contributed by atoms with E-state index in [1.807, 2.05) is 52.7 Å². The molecule has 158 valence electrons. The number of ether oxygens (including phenoxy) is 2. The zero-order valence-corrected chi connectivity index (χ0v) is 17.5. The van der Waals surface area contributed by atoms with Crippen molar-refractivity contribution in [2.75, 3.05) is 34.0 Å². The SMILES string of the molecule is CN(C)Cc1ccc2n(c1=O)C[C@H]1C[C@@H]2CN(C(=O)Cc2ccc3c(c2)OCO3)C1. The average molecular weight is 409 g/mol. The van der Waals surface area contributed by atoms with Gasteiger partial charge in [-0.3, -0.25) is 9.59 Å². The number of piperidine rings is 1. The molecule has 1 fully saturated rings. The first-order valence-corrected chi connectivity index (χ1v) is 10.5. The molecule has 5 rings (SSSR count). The summed E-state index contributed by atoms with van der Waals surface area (Å²) in [5.74, 6) is 2.11. The highest BCUT2D eigenvalue weighted by molar-refractivity contribution is 5.79. The third-order valence-electron chi connectivity index (χ3n) is 6.31. The molecule has 0 aliphatic carbocycles. The van der Waals surface area contributed by atoms with Gasteiger partial charge in [-0.1, -0.05) is 12.1 Å². The second-order valence-corrected chi connectivity index (χ2v) is 8.90. The van der Waals surface area contributed by atoms with Crippen molar-refractivity contribution in [3.05, 3.63) is 57.5 Å². The van der Waals surface area contributed by atoms with E-state index in [4.69, 9.17) is 9.47 Å². The van der Waals surface area contributed by atoms with Gasteiger partial charge in [0.2, 0.25) is 12.7 Å². The summed E-state index contributed by atoms with van der Waals surface area (Å²) in [6.07, 6.45) is 1.39. The van der Waals surface area contributed by atoms with Crippen LogP contribution < -0.4 is 15.0 Å². The van der Waals surface area contributed by atoms with Crippen LogP contribution in [0.5, 0.6) is 11.5 Å². The zero-order valence-electron chi connectivity index (χ0n) is 17.5. The van der Waals surface area contributed by atoms with E-state index in [2.05, 4.69) is 6.07 Å². The van der Waals surface area contributed by atoms with Crippen LogP contribution in [0.2, 0.25) is 0 Å². The fraction of sp³-hybridized carbons (Fsp3) is 0.478. The maximum absolute atomic E-state index is 13.0. The number of benzene rings is 1. The molecule has 2 atom stereocenters. The lowest BCUT2D eigenvalue weighted by atomic mass is 9.82. The monoisotopic (exact) mass is 409 g/mol. The fourth-order valence-corrected chi connectivity index (χ4v) is 4.99. The Balaban J connectivity index is 1.33. The minimum Gasteiger partial charge on any atom is -0.454 e. The van der Waals surface area contributed by atoms with Gasteiger partial charge in [-0.2, -0.15) is 0 Å². The Bertz CT molecular complexity index is 1050. The molecule has 0 spiro atoms. The van der Waals surface area contributed by atoms with Crippen molar-refractivity contribution in [2.24, 2.45) is 5.92 Å². The van der Waals surface area contributed by atoms with E-state index in [0.717, 1.165) is 29.0 Å². The number of nitrogens with zero attached hydrogens (tertiary/aromatic N) is 3. The molecule has 1 saturated heterocycles. The summed E-state index contributed by atoms with van der Waals surface area (Å²) in [4.78, 5) is 30.0. The fourth-order valence-electron chi connectivity index (χ4n) is 4.99. The number of carbonyl (C=O) groups is 1. The van der Waals surface area contributed by atoms with Crippen molar-refractivity contribution in [3.63, 3.8) is 0 Å². The van der Waals surface area contributed by atoms with E-state index in [1.54, 1.807) is 0 Å². The highest BCUT2D eigenvalue weighted by Crippen LogP contribution is 2.36. The second-order valence-electron chi connectivity index (χ2n) is 8.90. The van der Waals surface area contributed by atoms with Gasteiger partial charge in [0.25, 0.3) is 5.56 Å². The van der Waals surface area contributed by atoms with Gasteiger partial charge >= 0.3 is 0 Å². The largest absolute Gasteiger partial charge is 0.454 e. The molecule has 0 unspecified atom stereocenters. The van der Waals surface area contributed by atoms with Gasteiger partial charge in [-0.05, 0) is 50.2 Å². The average Bonchev–Trinajstić information content (AvgIpc) is 3.18. The van der Waals surface area contributed by atoms with Crippen LogP contribution in [0, 0.1) is 5.92 Å². The van der Waals surface area contributed by atoms with E-state index in [0.29, 0.717) is 44.3 Å². The van der Waals surface area contributed by atoms with Gasteiger partial charge < -0.3 is 23.8 Å².